The number of fused-ring (bicyclic) bond motifs is 1. The average molecular weight is 447 g/mol. The van der Waals surface area contributed by atoms with Crippen LogP contribution in [0.3, 0.4) is 0 Å². The van der Waals surface area contributed by atoms with Crippen LogP contribution in [0.4, 0.5) is 17.6 Å². The van der Waals surface area contributed by atoms with E-state index in [1.807, 2.05) is 0 Å². The van der Waals surface area contributed by atoms with Gasteiger partial charge in [-0.05, 0) is 35.9 Å². The molecule has 11 heteroatoms. The van der Waals surface area contributed by atoms with E-state index in [0.717, 1.165) is 30.5 Å². The molecule has 2 N–H and O–H groups in total. The summed E-state index contributed by atoms with van der Waals surface area (Å²) in [6.45, 7) is 0. The number of ketones is 1. The number of rotatable bonds is 4. The van der Waals surface area contributed by atoms with Crippen molar-refractivity contribution >= 4 is 11.7 Å². The second-order valence-electron chi connectivity index (χ2n) is 6.99. The van der Waals surface area contributed by atoms with Crippen LogP contribution in [0, 0.1) is 5.82 Å². The number of alkyl halides is 3. The second kappa shape index (κ2) is 7.59. The lowest BCUT2D eigenvalue weighted by atomic mass is 9.86. The zero-order chi connectivity index (χ0) is 23.1. The molecule has 2 aromatic heterocycles. The number of nitrogens with zero attached hydrogens (tertiary/aromatic N) is 1. The molecule has 7 nitrogen and oxygen atoms in total. The largest absolute Gasteiger partial charge is 0.573 e. The molecule has 0 bridgehead atoms. The van der Waals surface area contributed by atoms with Gasteiger partial charge in [0.25, 0.3) is 5.91 Å². The van der Waals surface area contributed by atoms with Gasteiger partial charge in [0.05, 0.1) is 11.3 Å². The Hall–Kier alpha value is -4.02. The molecule has 1 aromatic carbocycles. The smallest absolute Gasteiger partial charge is 0.403 e. The molecule has 0 saturated heterocycles. The number of ether oxygens (including phenoxy) is 1. The first-order chi connectivity index (χ1) is 15.1. The van der Waals surface area contributed by atoms with Crippen LogP contribution in [0.1, 0.15) is 38.4 Å². The Balaban J connectivity index is 1.82. The molecule has 32 heavy (non-hydrogen) atoms. The van der Waals surface area contributed by atoms with Crippen molar-refractivity contribution in [1.82, 2.24) is 15.3 Å². The molecular formula is C21H13F4N3O4. The maximum absolute atomic E-state index is 14.5. The number of nitrogens with one attached hydrogen (secondary N) is 2. The number of benzene rings is 1. The number of carbonyl (C=O) groups excluding carboxylic acids is 2. The highest BCUT2D eigenvalue weighted by molar-refractivity contribution is 6.04. The van der Waals surface area contributed by atoms with E-state index in [4.69, 9.17) is 0 Å². The van der Waals surface area contributed by atoms with Crippen molar-refractivity contribution in [2.45, 2.75) is 18.3 Å². The summed E-state index contributed by atoms with van der Waals surface area (Å²) in [7, 11) is 0. The summed E-state index contributed by atoms with van der Waals surface area (Å²) >= 11 is 0. The minimum absolute atomic E-state index is 0.00639. The van der Waals surface area contributed by atoms with E-state index >= 15 is 0 Å². The molecule has 164 valence electrons. The number of amides is 1. The first-order valence-electron chi connectivity index (χ1n) is 9.15. The van der Waals surface area contributed by atoms with Crippen molar-refractivity contribution in [1.29, 1.82) is 0 Å². The molecule has 1 atom stereocenters. The van der Waals surface area contributed by atoms with Crippen LogP contribution in [0.25, 0.3) is 0 Å². The third kappa shape index (κ3) is 3.84. The first-order valence-corrected chi connectivity index (χ1v) is 9.15. The van der Waals surface area contributed by atoms with Gasteiger partial charge in [0.15, 0.2) is 17.3 Å². The topological polar surface area (TPSA) is 101 Å². The molecule has 2 heterocycles. The molecule has 0 saturated carbocycles. The number of hydrogen-bond donors (Lipinski definition) is 2. The van der Waals surface area contributed by atoms with Gasteiger partial charge in [-0.15, -0.1) is 13.2 Å². The van der Waals surface area contributed by atoms with Gasteiger partial charge < -0.3 is 15.0 Å². The summed E-state index contributed by atoms with van der Waals surface area (Å²) in [5.41, 5.74) is -1.76. The molecule has 0 unspecified atom stereocenters. The molecule has 1 amide bonds. The summed E-state index contributed by atoms with van der Waals surface area (Å²) in [6.07, 6.45) is -2.92. The zero-order valence-electron chi connectivity index (χ0n) is 16.0. The van der Waals surface area contributed by atoms with Crippen LogP contribution < -0.4 is 15.6 Å². The fourth-order valence-electron chi connectivity index (χ4n) is 3.60. The Morgan fingerprint density at radius 2 is 1.94 bits per heavy atom. The Morgan fingerprint density at radius 3 is 2.59 bits per heavy atom. The lowest BCUT2D eigenvalue weighted by Crippen LogP contribution is -2.46. The maximum Gasteiger partial charge on any atom is 0.573 e. The average Bonchev–Trinajstić information content (AvgIpc) is 3.02. The Bertz CT molecular complexity index is 1270. The summed E-state index contributed by atoms with van der Waals surface area (Å²) in [6, 6.07) is 8.00. The predicted molar refractivity (Wildman–Crippen MR) is 102 cm³/mol. The lowest BCUT2D eigenvalue weighted by molar-refractivity contribution is -0.275. The van der Waals surface area contributed by atoms with Gasteiger partial charge >= 0.3 is 6.36 Å². The molecule has 3 aromatic rings. The fourth-order valence-corrected chi connectivity index (χ4v) is 3.60. The summed E-state index contributed by atoms with van der Waals surface area (Å²) in [5.74, 6) is -3.52. The van der Waals surface area contributed by atoms with Crippen LogP contribution in [0.2, 0.25) is 0 Å². The summed E-state index contributed by atoms with van der Waals surface area (Å²) < 4.78 is 55.7. The highest BCUT2D eigenvalue weighted by Crippen LogP contribution is 2.42. The number of pyridine rings is 2. The first kappa shape index (κ1) is 21.2. The van der Waals surface area contributed by atoms with E-state index in [1.54, 1.807) is 0 Å². The number of carbonyl (C=O) groups is 2. The van der Waals surface area contributed by atoms with Gasteiger partial charge in [-0.1, -0.05) is 6.07 Å². The van der Waals surface area contributed by atoms with Crippen LogP contribution in [-0.4, -0.2) is 28.0 Å². The third-order valence-electron chi connectivity index (χ3n) is 4.96. The number of aromatic amines is 1. The minimum Gasteiger partial charge on any atom is -0.403 e. The molecule has 1 aliphatic rings. The van der Waals surface area contributed by atoms with Gasteiger partial charge in [-0.25, -0.2) is 4.39 Å². The molecular weight excluding hydrogens is 434 g/mol. The normalized spacial score (nSPS) is 17.7. The number of halogens is 4. The minimum atomic E-state index is -5.10. The lowest BCUT2D eigenvalue weighted by Gasteiger charge is -2.31. The van der Waals surface area contributed by atoms with Crippen LogP contribution in [0.5, 0.6) is 5.75 Å². The highest BCUT2D eigenvalue weighted by atomic mass is 19.4. The molecule has 0 aliphatic heterocycles. The standard InChI is InChI=1S/C21H13F4N3O4/c22-14-8-12(4-5-16(14)32-21(23,24)25)20(9-15(29)13-2-1-7-26-18(13)20)28-19(31)11-3-6-17(30)27-10-11/h1-8,10H,9H2,(H,27,30)(H,28,31)/t20-/m0/s1. The van der Waals surface area contributed by atoms with Crippen molar-refractivity contribution in [3.63, 3.8) is 0 Å². The zero-order valence-corrected chi connectivity index (χ0v) is 16.0. The van der Waals surface area contributed by atoms with Crippen molar-refractivity contribution < 1.29 is 31.9 Å². The molecule has 0 fully saturated rings. The Morgan fingerprint density at radius 1 is 1.16 bits per heavy atom. The monoisotopic (exact) mass is 447 g/mol. The van der Waals surface area contributed by atoms with E-state index < -0.39 is 40.7 Å². The van der Waals surface area contributed by atoms with Gasteiger partial charge in [-0.2, -0.15) is 0 Å². The SMILES string of the molecule is O=C(N[C@]1(c2ccc(OC(F)(F)F)c(F)c2)CC(=O)c2cccnc21)c1ccc(=O)[nH]c1. The van der Waals surface area contributed by atoms with Crippen molar-refractivity contribution in [3.8, 4) is 5.75 Å². The van der Waals surface area contributed by atoms with Crippen LogP contribution in [0.15, 0.2) is 59.7 Å². The molecule has 1 aliphatic carbocycles. The maximum atomic E-state index is 14.5. The van der Waals surface area contributed by atoms with Gasteiger partial charge in [-0.3, -0.25) is 19.4 Å². The number of hydrogen-bond acceptors (Lipinski definition) is 5. The quantitative estimate of drug-likeness (QED) is 0.599. The second-order valence-corrected chi connectivity index (χ2v) is 6.99. The van der Waals surface area contributed by atoms with Crippen molar-refractivity contribution in [2.75, 3.05) is 0 Å². The Labute approximate surface area is 177 Å². The van der Waals surface area contributed by atoms with E-state index in [2.05, 4.69) is 20.0 Å². The molecule has 4 rings (SSSR count). The fraction of sp³-hybridized carbons (Fsp3) is 0.143. The Kier molecular flexibility index (Phi) is 5.03. The third-order valence-corrected chi connectivity index (χ3v) is 4.96. The van der Waals surface area contributed by atoms with Crippen LogP contribution in [-0.2, 0) is 5.54 Å². The van der Waals surface area contributed by atoms with E-state index in [1.165, 1.54) is 24.4 Å². The molecule has 0 radical (unpaired) electrons. The van der Waals surface area contributed by atoms with E-state index in [0.29, 0.717) is 0 Å². The number of Topliss-reactive ketones (excluding diaryl/α,β-unsaturated/α-hetero) is 1. The van der Waals surface area contributed by atoms with Gasteiger partial charge in [0.2, 0.25) is 5.56 Å². The highest BCUT2D eigenvalue weighted by Gasteiger charge is 2.48. The van der Waals surface area contributed by atoms with E-state index in [-0.39, 0.29) is 28.8 Å². The van der Waals surface area contributed by atoms with E-state index in [9.17, 15) is 31.9 Å². The molecule has 0 spiro atoms. The predicted octanol–water partition coefficient (Wildman–Crippen LogP) is 3.07. The van der Waals surface area contributed by atoms with Crippen molar-refractivity contribution in [3.05, 3.63) is 93.4 Å². The van der Waals surface area contributed by atoms with Gasteiger partial charge in [0.1, 0.15) is 5.54 Å². The van der Waals surface area contributed by atoms with Crippen molar-refractivity contribution in [2.24, 2.45) is 0 Å². The summed E-state index contributed by atoms with van der Waals surface area (Å²) in [5, 5.41) is 2.65. The van der Waals surface area contributed by atoms with Gasteiger partial charge in [0, 0.05) is 30.4 Å². The van der Waals surface area contributed by atoms with Crippen LogP contribution >= 0.6 is 0 Å². The number of aromatic nitrogens is 2. The summed E-state index contributed by atoms with van der Waals surface area (Å²) in [4.78, 5) is 43.4. The number of H-pyrrole nitrogens is 1.